The highest BCUT2D eigenvalue weighted by molar-refractivity contribution is 7.80. The molecule has 0 aliphatic heterocycles. The number of benzene rings is 1. The monoisotopic (exact) mass is 325 g/mol. The molecule has 0 unspecified atom stereocenters. The average molecular weight is 326 g/mol. The summed E-state index contributed by atoms with van der Waals surface area (Å²) in [5.74, 6) is 0.0173. The molecule has 110 valence electrons. The summed E-state index contributed by atoms with van der Waals surface area (Å²) in [7, 11) is 1.52. The number of carbonyl (C=O) groups is 1. The molecular weight excluding hydrogens is 314 g/mol. The van der Waals surface area contributed by atoms with E-state index in [0.29, 0.717) is 22.0 Å². The van der Waals surface area contributed by atoms with Crippen molar-refractivity contribution in [1.82, 2.24) is 5.16 Å². The smallest absolute Gasteiger partial charge is 0.277 e. The molecule has 3 N–H and O–H groups in total. The van der Waals surface area contributed by atoms with E-state index in [1.54, 1.807) is 18.2 Å². The lowest BCUT2D eigenvalue weighted by molar-refractivity contribution is 0.101. The molecular formula is C13H12ClN3O3S. The average Bonchev–Trinajstić information content (AvgIpc) is 2.90. The number of nitrogens with zero attached hydrogens (tertiary/aromatic N) is 1. The van der Waals surface area contributed by atoms with E-state index in [1.165, 1.54) is 13.2 Å². The number of rotatable bonds is 5. The van der Waals surface area contributed by atoms with Gasteiger partial charge in [0.25, 0.3) is 5.91 Å². The first kappa shape index (κ1) is 15.4. The third-order valence-corrected chi connectivity index (χ3v) is 3.13. The number of carbonyl (C=O) groups excluding carboxylic acids is 1. The van der Waals surface area contributed by atoms with E-state index in [9.17, 15) is 4.79 Å². The Kier molecular flexibility index (Phi) is 4.89. The summed E-state index contributed by atoms with van der Waals surface area (Å²) >= 11 is 10.9. The standard InChI is InChI=1S/C13H12ClN3O3S/c1-19-6-8-5-11(17-20-8)13(18)16-10-3-2-7(12(15)21)4-9(10)14/h2-5H,6H2,1H3,(H2,15,21)(H,16,18). The van der Waals surface area contributed by atoms with E-state index in [1.807, 2.05) is 0 Å². The second-order valence-electron chi connectivity index (χ2n) is 4.12. The molecule has 6 nitrogen and oxygen atoms in total. The van der Waals surface area contributed by atoms with Crippen LogP contribution in [0.5, 0.6) is 0 Å². The molecule has 1 heterocycles. The van der Waals surface area contributed by atoms with Crippen molar-refractivity contribution in [1.29, 1.82) is 0 Å². The lowest BCUT2D eigenvalue weighted by Gasteiger charge is -2.07. The molecule has 0 spiro atoms. The topological polar surface area (TPSA) is 90.4 Å². The van der Waals surface area contributed by atoms with Crippen molar-refractivity contribution in [2.24, 2.45) is 5.73 Å². The molecule has 8 heteroatoms. The number of nitrogens with one attached hydrogen (secondary N) is 1. The molecule has 0 aliphatic carbocycles. The predicted octanol–water partition coefficient (Wildman–Crippen LogP) is 2.36. The fourth-order valence-corrected chi connectivity index (χ4v) is 1.94. The zero-order chi connectivity index (χ0) is 15.4. The molecule has 2 aromatic rings. The van der Waals surface area contributed by atoms with Crippen LogP contribution < -0.4 is 11.1 Å². The van der Waals surface area contributed by atoms with Gasteiger partial charge in [-0.1, -0.05) is 29.0 Å². The van der Waals surface area contributed by atoms with Crippen LogP contribution in [0.3, 0.4) is 0 Å². The number of halogens is 1. The first-order valence-corrected chi connectivity index (χ1v) is 6.65. The highest BCUT2D eigenvalue weighted by Crippen LogP contribution is 2.23. The molecule has 0 aliphatic rings. The molecule has 1 aromatic carbocycles. The van der Waals surface area contributed by atoms with Crippen LogP contribution in [0.1, 0.15) is 21.8 Å². The minimum Gasteiger partial charge on any atom is -0.389 e. The summed E-state index contributed by atoms with van der Waals surface area (Å²) in [5, 5.41) is 6.61. The van der Waals surface area contributed by atoms with Gasteiger partial charge in [0, 0.05) is 18.7 Å². The maximum absolute atomic E-state index is 12.0. The summed E-state index contributed by atoms with van der Waals surface area (Å²) in [6.45, 7) is 0.240. The Balaban J connectivity index is 2.13. The van der Waals surface area contributed by atoms with Crippen LogP contribution in [0, 0.1) is 0 Å². The van der Waals surface area contributed by atoms with E-state index in [4.69, 9.17) is 38.8 Å². The van der Waals surface area contributed by atoms with E-state index < -0.39 is 5.91 Å². The van der Waals surface area contributed by atoms with Gasteiger partial charge in [-0.25, -0.2) is 0 Å². The van der Waals surface area contributed by atoms with Gasteiger partial charge >= 0.3 is 0 Å². The van der Waals surface area contributed by atoms with Crippen molar-refractivity contribution in [2.75, 3.05) is 12.4 Å². The van der Waals surface area contributed by atoms with Gasteiger partial charge < -0.3 is 20.3 Å². The summed E-state index contributed by atoms with van der Waals surface area (Å²) in [6, 6.07) is 6.36. The van der Waals surface area contributed by atoms with E-state index in [2.05, 4.69) is 10.5 Å². The zero-order valence-corrected chi connectivity index (χ0v) is 12.6. The number of thiocarbonyl (C=S) groups is 1. The number of nitrogens with two attached hydrogens (primary N) is 1. The van der Waals surface area contributed by atoms with Crippen molar-refractivity contribution in [3.05, 3.63) is 46.3 Å². The van der Waals surface area contributed by atoms with Crippen LogP contribution in [0.25, 0.3) is 0 Å². The highest BCUT2D eigenvalue weighted by atomic mass is 35.5. The van der Waals surface area contributed by atoms with Crippen molar-refractivity contribution < 1.29 is 14.1 Å². The molecule has 1 aromatic heterocycles. The zero-order valence-electron chi connectivity index (χ0n) is 11.1. The first-order chi connectivity index (χ1) is 10.0. The number of methoxy groups -OCH3 is 1. The Labute approximate surface area is 131 Å². The number of hydrogen-bond donors (Lipinski definition) is 2. The summed E-state index contributed by atoms with van der Waals surface area (Å²) in [4.78, 5) is 12.3. The first-order valence-electron chi connectivity index (χ1n) is 5.86. The minimum absolute atomic E-state index is 0.136. The third-order valence-electron chi connectivity index (χ3n) is 2.58. The Morgan fingerprint density at radius 1 is 1.52 bits per heavy atom. The lowest BCUT2D eigenvalue weighted by atomic mass is 10.2. The Bertz CT molecular complexity index is 687. The van der Waals surface area contributed by atoms with Gasteiger partial charge in [0.15, 0.2) is 11.5 Å². The molecule has 1 amide bonds. The predicted molar refractivity (Wildman–Crippen MR) is 82.5 cm³/mol. The second kappa shape index (κ2) is 6.66. The van der Waals surface area contributed by atoms with Gasteiger partial charge in [0.05, 0.1) is 10.7 Å². The quantitative estimate of drug-likeness (QED) is 0.820. The molecule has 21 heavy (non-hydrogen) atoms. The fraction of sp³-hybridized carbons (Fsp3) is 0.154. The van der Waals surface area contributed by atoms with Gasteiger partial charge in [-0.2, -0.15) is 0 Å². The normalized spacial score (nSPS) is 10.4. The largest absolute Gasteiger partial charge is 0.389 e. The highest BCUT2D eigenvalue weighted by Gasteiger charge is 2.14. The molecule has 0 atom stereocenters. The molecule has 0 radical (unpaired) electrons. The SMILES string of the molecule is COCc1cc(C(=O)Nc2ccc(C(N)=S)cc2Cl)no1. The van der Waals surface area contributed by atoms with Gasteiger partial charge in [0.1, 0.15) is 11.6 Å². The fourth-order valence-electron chi connectivity index (χ4n) is 1.59. The lowest BCUT2D eigenvalue weighted by Crippen LogP contribution is -2.13. The minimum atomic E-state index is -0.439. The Morgan fingerprint density at radius 3 is 2.90 bits per heavy atom. The van der Waals surface area contributed by atoms with E-state index >= 15 is 0 Å². The molecule has 0 saturated carbocycles. The number of anilines is 1. The van der Waals surface area contributed by atoms with E-state index in [0.717, 1.165) is 0 Å². The van der Waals surface area contributed by atoms with Gasteiger partial charge in [-0.05, 0) is 18.2 Å². The maximum atomic E-state index is 12.0. The van der Waals surface area contributed by atoms with Gasteiger partial charge in [-0.3, -0.25) is 4.79 Å². The van der Waals surface area contributed by atoms with Crippen molar-refractivity contribution in [3.63, 3.8) is 0 Å². The molecule has 2 rings (SSSR count). The molecule has 0 saturated heterocycles. The number of hydrogen-bond acceptors (Lipinski definition) is 5. The summed E-state index contributed by atoms with van der Waals surface area (Å²) in [6.07, 6.45) is 0. The van der Waals surface area contributed by atoms with Crippen LogP contribution in [-0.4, -0.2) is 23.2 Å². The van der Waals surface area contributed by atoms with Crippen molar-refractivity contribution in [3.8, 4) is 0 Å². The van der Waals surface area contributed by atoms with Gasteiger partial charge in [0.2, 0.25) is 0 Å². The van der Waals surface area contributed by atoms with Crippen molar-refractivity contribution in [2.45, 2.75) is 6.61 Å². The van der Waals surface area contributed by atoms with Crippen LogP contribution >= 0.6 is 23.8 Å². The van der Waals surface area contributed by atoms with Crippen LogP contribution in [0.15, 0.2) is 28.8 Å². The summed E-state index contributed by atoms with van der Waals surface area (Å²) < 4.78 is 9.83. The maximum Gasteiger partial charge on any atom is 0.277 e. The number of aromatic nitrogens is 1. The Morgan fingerprint density at radius 2 is 2.29 bits per heavy atom. The van der Waals surface area contributed by atoms with Crippen LogP contribution in [0.4, 0.5) is 5.69 Å². The molecule has 0 bridgehead atoms. The number of ether oxygens (including phenoxy) is 1. The summed E-state index contributed by atoms with van der Waals surface area (Å²) in [5.41, 5.74) is 6.69. The van der Waals surface area contributed by atoms with Crippen LogP contribution in [0.2, 0.25) is 5.02 Å². The Hall–Kier alpha value is -1.96. The number of amides is 1. The van der Waals surface area contributed by atoms with E-state index in [-0.39, 0.29) is 17.3 Å². The van der Waals surface area contributed by atoms with Gasteiger partial charge in [-0.15, -0.1) is 0 Å². The second-order valence-corrected chi connectivity index (χ2v) is 4.97. The van der Waals surface area contributed by atoms with Crippen molar-refractivity contribution >= 4 is 40.4 Å². The van der Waals surface area contributed by atoms with Crippen LogP contribution in [-0.2, 0) is 11.3 Å². The molecule has 0 fully saturated rings. The third kappa shape index (κ3) is 3.78.